The summed E-state index contributed by atoms with van der Waals surface area (Å²) in [6.45, 7) is 2.94. The van der Waals surface area contributed by atoms with E-state index in [0.717, 1.165) is 29.6 Å². The van der Waals surface area contributed by atoms with Crippen molar-refractivity contribution in [3.8, 4) is 0 Å². The lowest BCUT2D eigenvalue weighted by Crippen LogP contribution is -2.01. The standard InChI is InChI=1S/C16H17N3/c1-2-12-3-5-13(6-4-12)11-19-16-9-15(17)8-7-14(16)10-18-19/h3-10H,2,11,17H2,1H3. The Bertz CT molecular complexity index is 696. The summed E-state index contributed by atoms with van der Waals surface area (Å²) in [5, 5.41) is 5.56. The van der Waals surface area contributed by atoms with Crippen LogP contribution in [0.4, 0.5) is 5.69 Å². The lowest BCUT2D eigenvalue weighted by Gasteiger charge is -2.05. The average molecular weight is 251 g/mol. The molecule has 3 rings (SSSR count). The number of benzene rings is 2. The molecule has 96 valence electrons. The Morgan fingerprint density at radius 2 is 1.79 bits per heavy atom. The number of hydrogen-bond donors (Lipinski definition) is 1. The highest BCUT2D eigenvalue weighted by molar-refractivity contribution is 5.81. The van der Waals surface area contributed by atoms with E-state index in [-0.39, 0.29) is 0 Å². The van der Waals surface area contributed by atoms with Crippen LogP contribution >= 0.6 is 0 Å². The molecule has 0 unspecified atom stereocenters. The van der Waals surface area contributed by atoms with E-state index in [1.165, 1.54) is 11.1 Å². The number of nitrogens with zero attached hydrogens (tertiary/aromatic N) is 2. The van der Waals surface area contributed by atoms with Gasteiger partial charge in [-0.15, -0.1) is 0 Å². The molecule has 3 nitrogen and oxygen atoms in total. The monoisotopic (exact) mass is 251 g/mol. The fourth-order valence-electron chi connectivity index (χ4n) is 2.27. The molecule has 0 radical (unpaired) electrons. The molecular formula is C16H17N3. The molecule has 1 aromatic heterocycles. The van der Waals surface area contributed by atoms with Gasteiger partial charge in [0.05, 0.1) is 18.3 Å². The fraction of sp³-hybridized carbons (Fsp3) is 0.188. The van der Waals surface area contributed by atoms with E-state index >= 15 is 0 Å². The van der Waals surface area contributed by atoms with Crippen LogP contribution in [-0.4, -0.2) is 9.78 Å². The van der Waals surface area contributed by atoms with Gasteiger partial charge in [0.15, 0.2) is 0 Å². The minimum atomic E-state index is 0.774. The van der Waals surface area contributed by atoms with E-state index in [4.69, 9.17) is 5.73 Å². The largest absolute Gasteiger partial charge is 0.399 e. The number of anilines is 1. The van der Waals surface area contributed by atoms with Gasteiger partial charge >= 0.3 is 0 Å². The Hall–Kier alpha value is -2.29. The van der Waals surface area contributed by atoms with E-state index in [1.54, 1.807) is 0 Å². The topological polar surface area (TPSA) is 43.8 Å². The third kappa shape index (κ3) is 2.32. The van der Waals surface area contributed by atoms with Crippen LogP contribution in [0.25, 0.3) is 10.9 Å². The molecule has 0 atom stereocenters. The Labute approximate surface area is 112 Å². The van der Waals surface area contributed by atoms with Gasteiger partial charge in [0.2, 0.25) is 0 Å². The predicted octanol–water partition coefficient (Wildman–Crippen LogP) is 3.23. The first kappa shape index (κ1) is 11.8. The van der Waals surface area contributed by atoms with Gasteiger partial charge in [-0.3, -0.25) is 4.68 Å². The quantitative estimate of drug-likeness (QED) is 0.726. The van der Waals surface area contributed by atoms with E-state index in [2.05, 4.69) is 36.3 Å². The third-order valence-corrected chi connectivity index (χ3v) is 3.43. The number of fused-ring (bicyclic) bond motifs is 1. The van der Waals surface area contributed by atoms with Gasteiger partial charge in [-0.2, -0.15) is 5.10 Å². The van der Waals surface area contributed by atoms with Crippen LogP contribution in [0.2, 0.25) is 0 Å². The summed E-state index contributed by atoms with van der Waals surface area (Å²) in [7, 11) is 0. The van der Waals surface area contributed by atoms with Crippen LogP contribution in [0, 0.1) is 0 Å². The van der Waals surface area contributed by atoms with Crippen LogP contribution in [0.5, 0.6) is 0 Å². The Kier molecular flexibility index (Phi) is 2.95. The van der Waals surface area contributed by atoms with Gasteiger partial charge in [-0.25, -0.2) is 0 Å². The van der Waals surface area contributed by atoms with Gasteiger partial charge < -0.3 is 5.73 Å². The molecule has 2 aromatic carbocycles. The molecule has 0 saturated carbocycles. The van der Waals surface area contributed by atoms with Crippen molar-refractivity contribution in [2.45, 2.75) is 19.9 Å². The third-order valence-electron chi connectivity index (χ3n) is 3.43. The number of rotatable bonds is 3. The molecule has 0 aliphatic rings. The molecule has 19 heavy (non-hydrogen) atoms. The second-order valence-corrected chi connectivity index (χ2v) is 4.79. The van der Waals surface area contributed by atoms with E-state index in [1.807, 2.05) is 29.1 Å². The lowest BCUT2D eigenvalue weighted by atomic mass is 10.1. The second kappa shape index (κ2) is 4.76. The van der Waals surface area contributed by atoms with Crippen molar-refractivity contribution in [1.29, 1.82) is 0 Å². The van der Waals surface area contributed by atoms with Crippen molar-refractivity contribution < 1.29 is 0 Å². The molecule has 0 amide bonds. The van der Waals surface area contributed by atoms with Crippen LogP contribution in [-0.2, 0) is 13.0 Å². The lowest BCUT2D eigenvalue weighted by molar-refractivity contribution is 0.712. The van der Waals surface area contributed by atoms with Gasteiger partial charge in [-0.05, 0) is 35.7 Å². The SMILES string of the molecule is CCc1ccc(Cn2ncc3ccc(N)cc32)cc1. The van der Waals surface area contributed by atoms with Gasteiger partial charge in [0.25, 0.3) is 0 Å². The van der Waals surface area contributed by atoms with Crippen molar-refractivity contribution in [3.05, 3.63) is 59.8 Å². The molecule has 3 aromatic rings. The second-order valence-electron chi connectivity index (χ2n) is 4.79. The number of nitrogen functional groups attached to an aromatic ring is 1. The molecule has 1 heterocycles. The minimum Gasteiger partial charge on any atom is -0.399 e. The summed E-state index contributed by atoms with van der Waals surface area (Å²) in [6, 6.07) is 14.6. The number of hydrogen-bond acceptors (Lipinski definition) is 2. The Morgan fingerprint density at radius 1 is 1.05 bits per heavy atom. The van der Waals surface area contributed by atoms with Crippen LogP contribution in [0.15, 0.2) is 48.7 Å². The molecule has 0 saturated heterocycles. The number of nitrogens with two attached hydrogens (primary N) is 1. The maximum atomic E-state index is 5.84. The summed E-state index contributed by atoms with van der Waals surface area (Å²) >= 11 is 0. The first-order valence-corrected chi connectivity index (χ1v) is 6.55. The minimum absolute atomic E-state index is 0.774. The maximum Gasteiger partial charge on any atom is 0.0706 e. The van der Waals surface area contributed by atoms with E-state index in [0.29, 0.717) is 0 Å². The van der Waals surface area contributed by atoms with Gasteiger partial charge in [0, 0.05) is 11.1 Å². The van der Waals surface area contributed by atoms with Crippen LogP contribution in [0.3, 0.4) is 0 Å². The molecular weight excluding hydrogens is 234 g/mol. The highest BCUT2D eigenvalue weighted by atomic mass is 15.3. The molecule has 3 heteroatoms. The average Bonchev–Trinajstić information content (AvgIpc) is 2.82. The van der Waals surface area contributed by atoms with Crippen molar-refractivity contribution in [1.82, 2.24) is 9.78 Å². The first-order chi connectivity index (χ1) is 9.26. The Balaban J connectivity index is 1.93. The summed E-state index contributed by atoms with van der Waals surface area (Å²) in [5.74, 6) is 0. The van der Waals surface area contributed by atoms with Crippen LogP contribution < -0.4 is 5.73 Å². The van der Waals surface area contributed by atoms with E-state index in [9.17, 15) is 0 Å². The molecule has 0 bridgehead atoms. The van der Waals surface area contributed by atoms with Crippen molar-refractivity contribution >= 4 is 16.6 Å². The zero-order valence-corrected chi connectivity index (χ0v) is 11.0. The van der Waals surface area contributed by atoms with E-state index < -0.39 is 0 Å². The molecule has 0 fully saturated rings. The zero-order chi connectivity index (χ0) is 13.2. The van der Waals surface area contributed by atoms with Gasteiger partial charge in [0.1, 0.15) is 0 Å². The predicted molar refractivity (Wildman–Crippen MR) is 79.1 cm³/mol. The molecule has 0 aliphatic carbocycles. The van der Waals surface area contributed by atoms with Crippen LogP contribution in [0.1, 0.15) is 18.1 Å². The Morgan fingerprint density at radius 3 is 2.53 bits per heavy atom. The van der Waals surface area contributed by atoms with Crippen molar-refractivity contribution in [3.63, 3.8) is 0 Å². The molecule has 2 N–H and O–H groups in total. The summed E-state index contributed by atoms with van der Waals surface area (Å²) in [6.07, 6.45) is 2.96. The zero-order valence-electron chi connectivity index (χ0n) is 11.0. The highest BCUT2D eigenvalue weighted by Gasteiger charge is 2.03. The number of aryl methyl sites for hydroxylation is 1. The normalized spacial score (nSPS) is 11.0. The fourth-order valence-corrected chi connectivity index (χ4v) is 2.27. The first-order valence-electron chi connectivity index (χ1n) is 6.55. The highest BCUT2D eigenvalue weighted by Crippen LogP contribution is 2.18. The van der Waals surface area contributed by atoms with Crippen molar-refractivity contribution in [2.75, 3.05) is 5.73 Å². The smallest absolute Gasteiger partial charge is 0.0706 e. The maximum absolute atomic E-state index is 5.84. The summed E-state index contributed by atoms with van der Waals surface area (Å²) < 4.78 is 1.99. The number of aromatic nitrogens is 2. The van der Waals surface area contributed by atoms with Crippen molar-refractivity contribution in [2.24, 2.45) is 0 Å². The van der Waals surface area contributed by atoms with Gasteiger partial charge in [-0.1, -0.05) is 31.2 Å². The molecule has 0 aliphatic heterocycles. The summed E-state index contributed by atoms with van der Waals surface area (Å²) in [4.78, 5) is 0. The molecule has 0 spiro atoms. The summed E-state index contributed by atoms with van der Waals surface area (Å²) in [5.41, 5.74) is 10.3.